The molecule has 2 amide bonds. The maximum Gasteiger partial charge on any atom is 0.257 e. The Labute approximate surface area is 157 Å². The number of nitrogens with zero attached hydrogens (tertiary/aromatic N) is 2. The number of halogens is 1. The number of amides is 2. The van der Waals surface area contributed by atoms with Crippen LogP contribution in [0.15, 0.2) is 18.2 Å². The molecule has 0 atom stereocenters. The SMILES string of the molecule is COc1ccc(Cl)cc1C(=O)N1CCC(C(=O)N2CCSCC2)CC1. The van der Waals surface area contributed by atoms with Crippen molar-refractivity contribution in [3.8, 4) is 5.75 Å². The van der Waals surface area contributed by atoms with Crippen LogP contribution in [-0.4, -0.2) is 66.4 Å². The molecule has 1 aromatic rings. The smallest absolute Gasteiger partial charge is 0.257 e. The Morgan fingerprint density at radius 1 is 1.12 bits per heavy atom. The predicted octanol–water partition coefficient (Wildman–Crippen LogP) is 2.78. The van der Waals surface area contributed by atoms with Gasteiger partial charge in [0.2, 0.25) is 5.91 Å². The van der Waals surface area contributed by atoms with Gasteiger partial charge in [0.25, 0.3) is 5.91 Å². The molecular weight excluding hydrogens is 360 g/mol. The van der Waals surface area contributed by atoms with Crippen molar-refractivity contribution >= 4 is 35.2 Å². The van der Waals surface area contributed by atoms with Crippen molar-refractivity contribution in [3.63, 3.8) is 0 Å². The van der Waals surface area contributed by atoms with E-state index in [4.69, 9.17) is 16.3 Å². The molecule has 1 aromatic carbocycles. The standard InChI is InChI=1S/C18H23ClN2O3S/c1-24-16-3-2-14(19)12-15(16)18(23)20-6-4-13(5-7-20)17(22)21-8-10-25-11-9-21/h2-3,12-13H,4-11H2,1H3. The number of carbonyl (C=O) groups is 2. The summed E-state index contributed by atoms with van der Waals surface area (Å²) in [6.07, 6.45) is 1.44. The minimum Gasteiger partial charge on any atom is -0.496 e. The fourth-order valence-corrected chi connectivity index (χ4v) is 4.46. The van der Waals surface area contributed by atoms with Gasteiger partial charge in [0.15, 0.2) is 0 Å². The van der Waals surface area contributed by atoms with Crippen LogP contribution < -0.4 is 4.74 Å². The first-order chi connectivity index (χ1) is 12.1. The Balaban J connectivity index is 1.61. The maximum absolute atomic E-state index is 12.8. The molecule has 0 unspecified atom stereocenters. The first-order valence-corrected chi connectivity index (χ1v) is 10.1. The second-order valence-electron chi connectivity index (χ2n) is 6.35. The molecule has 7 heteroatoms. The third kappa shape index (κ3) is 4.23. The molecule has 0 spiro atoms. The van der Waals surface area contributed by atoms with Crippen LogP contribution in [0.25, 0.3) is 0 Å². The Morgan fingerprint density at radius 3 is 2.44 bits per heavy atom. The molecule has 0 N–H and O–H groups in total. The molecule has 0 radical (unpaired) electrons. The van der Waals surface area contributed by atoms with Crippen LogP contribution in [-0.2, 0) is 4.79 Å². The Hall–Kier alpha value is -1.40. The van der Waals surface area contributed by atoms with Crippen molar-refractivity contribution < 1.29 is 14.3 Å². The highest BCUT2D eigenvalue weighted by Gasteiger charge is 2.31. The number of benzene rings is 1. The third-order valence-corrected chi connectivity index (χ3v) is 6.02. The van der Waals surface area contributed by atoms with Crippen LogP contribution in [0.4, 0.5) is 0 Å². The summed E-state index contributed by atoms with van der Waals surface area (Å²) < 4.78 is 5.28. The number of carbonyl (C=O) groups excluding carboxylic acids is 2. The Kier molecular flexibility index (Phi) is 6.12. The van der Waals surface area contributed by atoms with Crippen molar-refractivity contribution in [2.45, 2.75) is 12.8 Å². The highest BCUT2D eigenvalue weighted by atomic mass is 35.5. The van der Waals surface area contributed by atoms with Gasteiger partial charge in [-0.2, -0.15) is 11.8 Å². The number of thioether (sulfide) groups is 1. The van der Waals surface area contributed by atoms with Gasteiger partial charge in [0, 0.05) is 48.6 Å². The monoisotopic (exact) mass is 382 g/mol. The van der Waals surface area contributed by atoms with Crippen molar-refractivity contribution in [2.75, 3.05) is 44.8 Å². The zero-order chi connectivity index (χ0) is 17.8. The van der Waals surface area contributed by atoms with E-state index in [2.05, 4.69) is 0 Å². The number of hydrogen-bond acceptors (Lipinski definition) is 4. The normalized spacial score (nSPS) is 19.0. The fourth-order valence-electron chi connectivity index (χ4n) is 3.39. The highest BCUT2D eigenvalue weighted by molar-refractivity contribution is 7.99. The van der Waals surface area contributed by atoms with Crippen LogP contribution in [0, 0.1) is 5.92 Å². The molecular formula is C18H23ClN2O3S. The molecule has 2 saturated heterocycles. The van der Waals surface area contributed by atoms with Gasteiger partial charge >= 0.3 is 0 Å². The first kappa shape index (κ1) is 18.4. The molecule has 2 aliphatic heterocycles. The van der Waals surface area contributed by atoms with Gasteiger partial charge in [-0.15, -0.1) is 0 Å². The molecule has 0 bridgehead atoms. The van der Waals surface area contributed by atoms with E-state index in [9.17, 15) is 9.59 Å². The molecule has 2 aliphatic rings. The van der Waals surface area contributed by atoms with E-state index in [1.807, 2.05) is 16.7 Å². The maximum atomic E-state index is 12.8. The summed E-state index contributed by atoms with van der Waals surface area (Å²) in [5, 5.41) is 0.511. The van der Waals surface area contributed by atoms with E-state index >= 15 is 0 Å². The second-order valence-corrected chi connectivity index (χ2v) is 8.01. The zero-order valence-electron chi connectivity index (χ0n) is 14.4. The molecule has 2 heterocycles. The number of methoxy groups -OCH3 is 1. The largest absolute Gasteiger partial charge is 0.496 e. The van der Waals surface area contributed by atoms with Crippen molar-refractivity contribution in [3.05, 3.63) is 28.8 Å². The Bertz CT molecular complexity index is 641. The third-order valence-electron chi connectivity index (χ3n) is 4.85. The van der Waals surface area contributed by atoms with Crippen LogP contribution in [0.2, 0.25) is 5.02 Å². The Morgan fingerprint density at radius 2 is 1.80 bits per heavy atom. The average molecular weight is 383 g/mol. The van der Waals surface area contributed by atoms with Gasteiger partial charge < -0.3 is 14.5 Å². The van der Waals surface area contributed by atoms with Gasteiger partial charge in [0.1, 0.15) is 5.75 Å². The van der Waals surface area contributed by atoms with E-state index in [0.717, 1.165) is 37.4 Å². The number of ether oxygens (including phenoxy) is 1. The van der Waals surface area contributed by atoms with Gasteiger partial charge in [0.05, 0.1) is 12.7 Å². The van der Waals surface area contributed by atoms with Gasteiger partial charge in [-0.1, -0.05) is 11.6 Å². The molecule has 3 rings (SSSR count). The van der Waals surface area contributed by atoms with Crippen LogP contribution >= 0.6 is 23.4 Å². The molecule has 136 valence electrons. The van der Waals surface area contributed by atoms with Crippen LogP contribution in [0.1, 0.15) is 23.2 Å². The fraction of sp³-hybridized carbons (Fsp3) is 0.556. The number of rotatable bonds is 3. The molecule has 0 aliphatic carbocycles. The van der Waals surface area contributed by atoms with E-state index in [1.54, 1.807) is 30.2 Å². The number of likely N-dealkylation sites (tertiary alicyclic amines) is 1. The highest BCUT2D eigenvalue weighted by Crippen LogP contribution is 2.27. The van der Waals surface area contributed by atoms with E-state index in [1.165, 1.54) is 0 Å². The predicted molar refractivity (Wildman–Crippen MR) is 101 cm³/mol. The van der Waals surface area contributed by atoms with Gasteiger partial charge in [-0.25, -0.2) is 0 Å². The first-order valence-electron chi connectivity index (χ1n) is 8.59. The second kappa shape index (κ2) is 8.32. The van der Waals surface area contributed by atoms with Gasteiger partial charge in [-0.3, -0.25) is 9.59 Å². The van der Waals surface area contributed by atoms with Crippen molar-refractivity contribution in [1.82, 2.24) is 9.80 Å². The lowest BCUT2D eigenvalue weighted by Gasteiger charge is -2.35. The van der Waals surface area contributed by atoms with Crippen molar-refractivity contribution in [1.29, 1.82) is 0 Å². The van der Waals surface area contributed by atoms with Crippen LogP contribution in [0.3, 0.4) is 0 Å². The van der Waals surface area contributed by atoms with Crippen LogP contribution in [0.5, 0.6) is 5.75 Å². The summed E-state index contributed by atoms with van der Waals surface area (Å²) in [5.74, 6) is 2.79. The lowest BCUT2D eigenvalue weighted by atomic mass is 9.94. The van der Waals surface area contributed by atoms with Gasteiger partial charge in [-0.05, 0) is 31.0 Å². The van der Waals surface area contributed by atoms with E-state index < -0.39 is 0 Å². The average Bonchev–Trinajstić information content (AvgIpc) is 2.67. The summed E-state index contributed by atoms with van der Waals surface area (Å²) in [4.78, 5) is 29.2. The zero-order valence-corrected chi connectivity index (χ0v) is 15.9. The van der Waals surface area contributed by atoms with Crippen molar-refractivity contribution in [2.24, 2.45) is 5.92 Å². The number of hydrogen-bond donors (Lipinski definition) is 0. The summed E-state index contributed by atoms with van der Waals surface area (Å²) in [7, 11) is 1.54. The topological polar surface area (TPSA) is 49.9 Å². The van der Waals surface area contributed by atoms with E-state index in [-0.39, 0.29) is 17.7 Å². The van der Waals surface area contributed by atoms with E-state index in [0.29, 0.717) is 29.4 Å². The number of piperidine rings is 1. The lowest BCUT2D eigenvalue weighted by Crippen LogP contribution is -2.46. The minimum absolute atomic E-state index is 0.0356. The molecule has 2 fully saturated rings. The summed E-state index contributed by atoms with van der Waals surface area (Å²) in [6, 6.07) is 5.06. The summed E-state index contributed by atoms with van der Waals surface area (Å²) >= 11 is 7.93. The molecule has 0 aromatic heterocycles. The molecule has 0 saturated carbocycles. The quantitative estimate of drug-likeness (QED) is 0.806. The minimum atomic E-state index is -0.0837. The molecule has 25 heavy (non-hydrogen) atoms. The summed E-state index contributed by atoms with van der Waals surface area (Å²) in [6.45, 7) is 2.88. The lowest BCUT2D eigenvalue weighted by molar-refractivity contribution is -0.136. The summed E-state index contributed by atoms with van der Waals surface area (Å²) in [5.41, 5.74) is 0.479. The molecule has 5 nitrogen and oxygen atoms in total.